The molecule has 4 aromatic rings. The van der Waals surface area contributed by atoms with Gasteiger partial charge in [-0.25, -0.2) is 4.98 Å². The number of carbonyl (C=O) groups excluding carboxylic acids is 1. The van der Waals surface area contributed by atoms with Gasteiger partial charge in [-0.2, -0.15) is 0 Å². The molecule has 5 rings (SSSR count). The standard InChI is InChI=1S/C22H20N4OS/c27-22(17-7-3-5-16-6-4-10-23-21(16)17)26-13-11-25(12-14-26)15-20-24-18-8-1-2-9-19(18)28-20/h1-10H,11-15H2/p+1. The summed E-state index contributed by atoms with van der Waals surface area (Å²) in [6.45, 7) is 4.35. The van der Waals surface area contributed by atoms with Crippen molar-refractivity contribution in [3.63, 3.8) is 0 Å². The van der Waals surface area contributed by atoms with Crippen LogP contribution in [0.5, 0.6) is 0 Å². The van der Waals surface area contributed by atoms with Crippen LogP contribution in [0.3, 0.4) is 0 Å². The van der Waals surface area contributed by atoms with Gasteiger partial charge in [0.25, 0.3) is 5.91 Å². The summed E-state index contributed by atoms with van der Waals surface area (Å²) in [5.74, 6) is 0.0864. The summed E-state index contributed by atoms with van der Waals surface area (Å²) in [5, 5.41) is 2.18. The van der Waals surface area contributed by atoms with E-state index in [0.29, 0.717) is 5.56 Å². The molecule has 1 amide bonds. The lowest BCUT2D eigenvalue weighted by Crippen LogP contribution is -3.13. The number of hydrogen-bond donors (Lipinski definition) is 1. The summed E-state index contributed by atoms with van der Waals surface area (Å²) in [7, 11) is 0. The maximum atomic E-state index is 13.1. The normalized spacial score (nSPS) is 15.4. The maximum absolute atomic E-state index is 13.1. The third-order valence-corrected chi connectivity index (χ3v) is 6.40. The van der Waals surface area contributed by atoms with Gasteiger partial charge in [-0.3, -0.25) is 9.78 Å². The van der Waals surface area contributed by atoms with Crippen LogP contribution in [0.2, 0.25) is 0 Å². The van der Waals surface area contributed by atoms with E-state index in [2.05, 4.69) is 23.2 Å². The van der Waals surface area contributed by atoms with Crippen molar-refractivity contribution in [2.45, 2.75) is 6.54 Å². The zero-order chi connectivity index (χ0) is 18.9. The van der Waals surface area contributed by atoms with Gasteiger partial charge in [-0.15, -0.1) is 11.3 Å². The van der Waals surface area contributed by atoms with Gasteiger partial charge < -0.3 is 9.80 Å². The van der Waals surface area contributed by atoms with Gasteiger partial charge in [0.05, 0.1) is 47.5 Å². The number of piperazine rings is 1. The molecule has 0 atom stereocenters. The highest BCUT2D eigenvalue weighted by Crippen LogP contribution is 2.21. The third kappa shape index (κ3) is 3.25. The fourth-order valence-electron chi connectivity index (χ4n) is 3.86. The molecule has 6 heteroatoms. The molecule has 0 spiro atoms. The molecular weight excluding hydrogens is 368 g/mol. The zero-order valence-electron chi connectivity index (χ0n) is 15.5. The number of benzene rings is 2. The first-order valence-corrected chi connectivity index (χ1v) is 10.4. The Morgan fingerprint density at radius 1 is 1.04 bits per heavy atom. The molecule has 3 heterocycles. The molecule has 2 aromatic carbocycles. The van der Waals surface area contributed by atoms with Gasteiger partial charge in [0, 0.05) is 11.6 Å². The van der Waals surface area contributed by atoms with E-state index < -0.39 is 0 Å². The average Bonchev–Trinajstić information content (AvgIpc) is 3.16. The average molecular weight is 390 g/mol. The molecule has 140 valence electrons. The Morgan fingerprint density at radius 2 is 1.86 bits per heavy atom. The molecule has 1 aliphatic heterocycles. The molecule has 0 unspecified atom stereocenters. The van der Waals surface area contributed by atoms with Gasteiger partial charge in [-0.1, -0.05) is 30.3 Å². The van der Waals surface area contributed by atoms with Crippen molar-refractivity contribution in [3.8, 4) is 0 Å². The minimum Gasteiger partial charge on any atom is -0.327 e. The molecule has 1 fully saturated rings. The monoisotopic (exact) mass is 389 g/mol. The van der Waals surface area contributed by atoms with Crippen molar-refractivity contribution in [2.24, 2.45) is 0 Å². The van der Waals surface area contributed by atoms with Crippen LogP contribution in [0.4, 0.5) is 0 Å². The van der Waals surface area contributed by atoms with E-state index in [1.807, 2.05) is 41.3 Å². The predicted octanol–water partition coefficient (Wildman–Crippen LogP) is 2.39. The molecule has 1 N–H and O–H groups in total. The van der Waals surface area contributed by atoms with Crippen LogP contribution >= 0.6 is 11.3 Å². The Morgan fingerprint density at radius 3 is 2.71 bits per heavy atom. The largest absolute Gasteiger partial charge is 0.327 e. The fraction of sp³-hybridized carbons (Fsp3) is 0.227. The molecular formula is C22H21N4OS+. The lowest BCUT2D eigenvalue weighted by Gasteiger charge is -2.32. The lowest BCUT2D eigenvalue weighted by molar-refractivity contribution is -0.917. The van der Waals surface area contributed by atoms with Crippen molar-refractivity contribution < 1.29 is 9.69 Å². The van der Waals surface area contributed by atoms with Crippen molar-refractivity contribution >= 4 is 38.4 Å². The van der Waals surface area contributed by atoms with Crippen molar-refractivity contribution in [1.82, 2.24) is 14.9 Å². The second-order valence-corrected chi connectivity index (χ2v) is 8.29. The highest BCUT2D eigenvalue weighted by molar-refractivity contribution is 7.18. The number of rotatable bonds is 3. The summed E-state index contributed by atoms with van der Waals surface area (Å²) in [6.07, 6.45) is 1.75. The first kappa shape index (κ1) is 17.3. The van der Waals surface area contributed by atoms with Gasteiger partial charge in [-0.05, 0) is 24.3 Å². The molecule has 1 saturated heterocycles. The van der Waals surface area contributed by atoms with Crippen LogP contribution in [0.15, 0.2) is 60.8 Å². The van der Waals surface area contributed by atoms with Gasteiger partial charge in [0.2, 0.25) is 0 Å². The second kappa shape index (κ2) is 7.30. The van der Waals surface area contributed by atoms with Crippen LogP contribution in [-0.4, -0.2) is 47.0 Å². The number of amides is 1. The molecule has 2 aromatic heterocycles. The van der Waals surface area contributed by atoms with Gasteiger partial charge in [0.1, 0.15) is 11.6 Å². The van der Waals surface area contributed by atoms with E-state index in [1.165, 1.54) is 14.6 Å². The number of hydrogen-bond acceptors (Lipinski definition) is 4. The highest BCUT2D eigenvalue weighted by Gasteiger charge is 2.26. The molecule has 1 aliphatic rings. The number of thiazole rings is 1. The van der Waals surface area contributed by atoms with Gasteiger partial charge in [0.15, 0.2) is 0 Å². The number of para-hydroxylation sites is 2. The Kier molecular flexibility index (Phi) is 4.50. The number of nitrogens with one attached hydrogen (secondary N) is 1. The van der Waals surface area contributed by atoms with E-state index in [0.717, 1.165) is 49.1 Å². The third-order valence-electron chi connectivity index (χ3n) is 5.36. The first-order chi connectivity index (χ1) is 13.8. The number of aromatic nitrogens is 2. The molecule has 28 heavy (non-hydrogen) atoms. The van der Waals surface area contributed by atoms with Crippen LogP contribution in [0, 0.1) is 0 Å². The summed E-state index contributed by atoms with van der Waals surface area (Å²) in [4.78, 5) is 25.7. The summed E-state index contributed by atoms with van der Waals surface area (Å²) >= 11 is 1.78. The quantitative estimate of drug-likeness (QED) is 0.585. The van der Waals surface area contributed by atoms with E-state index >= 15 is 0 Å². The summed E-state index contributed by atoms with van der Waals surface area (Å²) < 4.78 is 1.24. The fourth-order valence-corrected chi connectivity index (χ4v) is 4.90. The van der Waals surface area contributed by atoms with Crippen LogP contribution in [-0.2, 0) is 6.54 Å². The topological polar surface area (TPSA) is 50.5 Å². The Labute approximate surface area is 167 Å². The number of carbonyl (C=O) groups is 1. The van der Waals surface area contributed by atoms with Gasteiger partial charge >= 0.3 is 0 Å². The Balaban J connectivity index is 1.27. The summed E-state index contributed by atoms with van der Waals surface area (Å²) in [5.41, 5.74) is 2.58. The number of quaternary nitrogens is 1. The molecule has 0 radical (unpaired) electrons. The SMILES string of the molecule is O=C(c1cccc2cccnc12)N1CC[NH+](Cc2nc3ccccc3s2)CC1. The summed E-state index contributed by atoms with van der Waals surface area (Å²) in [6, 6.07) is 18.0. The molecule has 5 nitrogen and oxygen atoms in total. The number of pyridine rings is 1. The smallest absolute Gasteiger partial charge is 0.256 e. The maximum Gasteiger partial charge on any atom is 0.256 e. The zero-order valence-corrected chi connectivity index (χ0v) is 16.3. The van der Waals surface area contributed by atoms with E-state index in [-0.39, 0.29) is 5.91 Å². The molecule has 0 saturated carbocycles. The predicted molar refractivity (Wildman–Crippen MR) is 112 cm³/mol. The van der Waals surface area contributed by atoms with Crippen molar-refractivity contribution in [3.05, 3.63) is 71.4 Å². The van der Waals surface area contributed by atoms with Crippen molar-refractivity contribution in [2.75, 3.05) is 26.2 Å². The first-order valence-electron chi connectivity index (χ1n) is 9.59. The second-order valence-electron chi connectivity index (χ2n) is 7.18. The molecule has 0 aliphatic carbocycles. The van der Waals surface area contributed by atoms with E-state index in [1.54, 1.807) is 17.5 Å². The Bertz CT molecular complexity index is 1110. The molecule has 0 bridgehead atoms. The Hall–Kier alpha value is -2.83. The number of fused-ring (bicyclic) bond motifs is 2. The minimum absolute atomic E-state index is 0.0864. The van der Waals surface area contributed by atoms with Crippen LogP contribution in [0.1, 0.15) is 15.4 Å². The van der Waals surface area contributed by atoms with Crippen LogP contribution in [0.25, 0.3) is 21.1 Å². The van der Waals surface area contributed by atoms with E-state index in [9.17, 15) is 4.79 Å². The highest BCUT2D eigenvalue weighted by atomic mass is 32.1. The van der Waals surface area contributed by atoms with Crippen molar-refractivity contribution in [1.29, 1.82) is 0 Å². The minimum atomic E-state index is 0.0864. The lowest BCUT2D eigenvalue weighted by atomic mass is 10.1. The number of nitrogens with zero attached hydrogens (tertiary/aromatic N) is 3. The van der Waals surface area contributed by atoms with Crippen LogP contribution < -0.4 is 4.90 Å². The van der Waals surface area contributed by atoms with E-state index in [4.69, 9.17) is 4.98 Å².